The van der Waals surface area contributed by atoms with Crippen molar-refractivity contribution in [1.82, 2.24) is 4.98 Å². The van der Waals surface area contributed by atoms with Gasteiger partial charge in [0.05, 0.1) is 0 Å². The molecule has 4 heteroatoms. The summed E-state index contributed by atoms with van der Waals surface area (Å²) in [6.07, 6.45) is 2.86. The van der Waals surface area contributed by atoms with Gasteiger partial charge in [-0.1, -0.05) is 19.1 Å². The standard InChI is InChI=1S/C13H16N2OS/c1-2-10-3-5-11(6-4-10)16-9-13-15-8-12(7-14)17-13/h3-6,8H,2,7,9,14H2,1H3. The summed E-state index contributed by atoms with van der Waals surface area (Å²) in [4.78, 5) is 5.34. The number of ether oxygens (including phenoxy) is 1. The van der Waals surface area contributed by atoms with Gasteiger partial charge in [-0.2, -0.15) is 0 Å². The fourth-order valence-electron chi connectivity index (χ4n) is 1.48. The number of hydrogen-bond acceptors (Lipinski definition) is 4. The molecule has 0 saturated carbocycles. The van der Waals surface area contributed by atoms with Crippen LogP contribution >= 0.6 is 11.3 Å². The van der Waals surface area contributed by atoms with E-state index in [0.717, 1.165) is 22.1 Å². The van der Waals surface area contributed by atoms with Gasteiger partial charge in [0.15, 0.2) is 0 Å². The van der Waals surface area contributed by atoms with Crippen LogP contribution < -0.4 is 10.5 Å². The van der Waals surface area contributed by atoms with Crippen LogP contribution in [0, 0.1) is 0 Å². The minimum atomic E-state index is 0.510. The fraction of sp³-hybridized carbons (Fsp3) is 0.308. The van der Waals surface area contributed by atoms with E-state index in [1.165, 1.54) is 5.56 Å². The number of hydrogen-bond donors (Lipinski definition) is 1. The average Bonchev–Trinajstić information content (AvgIpc) is 2.85. The maximum Gasteiger partial charge on any atom is 0.140 e. The lowest BCUT2D eigenvalue weighted by atomic mass is 10.2. The molecule has 0 fully saturated rings. The first kappa shape index (κ1) is 12.1. The van der Waals surface area contributed by atoms with Crippen molar-refractivity contribution in [2.75, 3.05) is 0 Å². The molecule has 0 bridgehead atoms. The SMILES string of the molecule is CCc1ccc(OCc2ncc(CN)s2)cc1. The van der Waals surface area contributed by atoms with E-state index in [-0.39, 0.29) is 0 Å². The number of benzene rings is 1. The normalized spacial score (nSPS) is 10.5. The lowest BCUT2D eigenvalue weighted by Gasteiger charge is -2.04. The largest absolute Gasteiger partial charge is 0.486 e. The molecule has 0 spiro atoms. The topological polar surface area (TPSA) is 48.1 Å². The maximum absolute atomic E-state index is 5.66. The van der Waals surface area contributed by atoms with E-state index in [1.807, 2.05) is 18.3 Å². The van der Waals surface area contributed by atoms with E-state index < -0.39 is 0 Å². The lowest BCUT2D eigenvalue weighted by molar-refractivity contribution is 0.305. The van der Waals surface area contributed by atoms with Gasteiger partial charge in [-0.15, -0.1) is 11.3 Å². The number of nitrogens with zero attached hydrogens (tertiary/aromatic N) is 1. The predicted molar refractivity (Wildman–Crippen MR) is 70.2 cm³/mol. The van der Waals surface area contributed by atoms with E-state index in [0.29, 0.717) is 13.2 Å². The third-order valence-electron chi connectivity index (χ3n) is 2.50. The van der Waals surface area contributed by atoms with Crippen molar-refractivity contribution in [2.45, 2.75) is 26.5 Å². The van der Waals surface area contributed by atoms with Crippen molar-refractivity contribution >= 4 is 11.3 Å². The molecule has 3 nitrogen and oxygen atoms in total. The Balaban J connectivity index is 1.92. The van der Waals surface area contributed by atoms with Crippen LogP contribution in [0.4, 0.5) is 0 Å². The smallest absolute Gasteiger partial charge is 0.140 e. The summed E-state index contributed by atoms with van der Waals surface area (Å²) in [5.41, 5.74) is 6.85. The number of rotatable bonds is 5. The molecule has 2 N–H and O–H groups in total. The van der Waals surface area contributed by atoms with Gasteiger partial charge in [0.25, 0.3) is 0 Å². The van der Waals surface area contributed by atoms with E-state index in [4.69, 9.17) is 10.5 Å². The summed E-state index contributed by atoms with van der Waals surface area (Å²) >= 11 is 1.60. The van der Waals surface area contributed by atoms with Crippen molar-refractivity contribution in [2.24, 2.45) is 5.73 Å². The monoisotopic (exact) mass is 248 g/mol. The minimum absolute atomic E-state index is 0.510. The quantitative estimate of drug-likeness (QED) is 0.885. The summed E-state index contributed by atoms with van der Waals surface area (Å²) in [7, 11) is 0. The zero-order valence-corrected chi connectivity index (χ0v) is 10.7. The molecule has 0 aliphatic heterocycles. The third kappa shape index (κ3) is 3.28. The third-order valence-corrected chi connectivity index (χ3v) is 3.49. The van der Waals surface area contributed by atoms with Crippen LogP contribution in [0.5, 0.6) is 5.75 Å². The van der Waals surface area contributed by atoms with E-state index in [2.05, 4.69) is 24.0 Å². The molecular weight excluding hydrogens is 232 g/mol. The second kappa shape index (κ2) is 5.80. The number of aromatic nitrogens is 1. The van der Waals surface area contributed by atoms with E-state index in [9.17, 15) is 0 Å². The maximum atomic E-state index is 5.66. The van der Waals surface area contributed by atoms with Crippen LogP contribution in [0.15, 0.2) is 30.5 Å². The molecule has 1 aromatic heterocycles. The molecule has 0 aliphatic rings. The Morgan fingerprint density at radius 3 is 2.65 bits per heavy atom. The summed E-state index contributed by atoms with van der Waals surface area (Å²) in [5.74, 6) is 0.881. The van der Waals surface area contributed by atoms with Crippen molar-refractivity contribution in [1.29, 1.82) is 0 Å². The van der Waals surface area contributed by atoms with Crippen LogP contribution in [0.25, 0.3) is 0 Å². The lowest BCUT2D eigenvalue weighted by Crippen LogP contribution is -1.94. The molecule has 17 heavy (non-hydrogen) atoms. The summed E-state index contributed by atoms with van der Waals surface area (Å²) in [6, 6.07) is 8.16. The Morgan fingerprint density at radius 2 is 2.06 bits per heavy atom. The first-order chi connectivity index (χ1) is 8.31. The van der Waals surface area contributed by atoms with Crippen molar-refractivity contribution in [3.05, 3.63) is 45.9 Å². The number of nitrogens with two attached hydrogens (primary N) is 1. The molecule has 2 aromatic rings. The summed E-state index contributed by atoms with van der Waals surface area (Å²) in [5, 5.41) is 0.963. The highest BCUT2D eigenvalue weighted by atomic mass is 32.1. The molecule has 2 rings (SSSR count). The molecule has 1 heterocycles. The van der Waals surface area contributed by atoms with Gasteiger partial charge in [-0.3, -0.25) is 0 Å². The van der Waals surface area contributed by atoms with Crippen LogP contribution in [-0.2, 0) is 19.6 Å². The molecule has 0 atom stereocenters. The van der Waals surface area contributed by atoms with Crippen molar-refractivity contribution < 1.29 is 4.74 Å². The highest BCUT2D eigenvalue weighted by molar-refractivity contribution is 7.11. The highest BCUT2D eigenvalue weighted by Crippen LogP contribution is 2.17. The van der Waals surface area contributed by atoms with E-state index >= 15 is 0 Å². The van der Waals surface area contributed by atoms with Gasteiger partial charge in [0.2, 0.25) is 0 Å². The van der Waals surface area contributed by atoms with Gasteiger partial charge >= 0.3 is 0 Å². The minimum Gasteiger partial charge on any atom is -0.486 e. The van der Waals surface area contributed by atoms with Gasteiger partial charge in [0, 0.05) is 17.6 Å². The van der Waals surface area contributed by atoms with Crippen LogP contribution in [0.1, 0.15) is 22.4 Å². The molecule has 0 aliphatic carbocycles. The first-order valence-corrected chi connectivity index (χ1v) is 6.49. The molecule has 0 unspecified atom stereocenters. The van der Waals surface area contributed by atoms with Gasteiger partial charge in [-0.25, -0.2) is 4.98 Å². The highest BCUT2D eigenvalue weighted by Gasteiger charge is 2.01. The summed E-state index contributed by atoms with van der Waals surface area (Å²) in [6.45, 7) is 3.19. The predicted octanol–water partition coefficient (Wildman–Crippen LogP) is 2.74. The Hall–Kier alpha value is -1.39. The molecular formula is C13H16N2OS. The zero-order chi connectivity index (χ0) is 12.1. The van der Waals surface area contributed by atoms with E-state index in [1.54, 1.807) is 11.3 Å². The summed E-state index contributed by atoms with van der Waals surface area (Å²) < 4.78 is 5.66. The molecule has 0 amide bonds. The number of thiazole rings is 1. The van der Waals surface area contributed by atoms with Crippen molar-refractivity contribution in [3.8, 4) is 5.75 Å². The molecule has 0 radical (unpaired) electrons. The van der Waals surface area contributed by atoms with Crippen LogP contribution in [0.2, 0.25) is 0 Å². The molecule has 0 saturated heterocycles. The van der Waals surface area contributed by atoms with Crippen LogP contribution in [-0.4, -0.2) is 4.98 Å². The second-order valence-corrected chi connectivity index (χ2v) is 4.91. The Morgan fingerprint density at radius 1 is 1.29 bits per heavy atom. The Labute approximate surface area is 105 Å². The van der Waals surface area contributed by atoms with Gasteiger partial charge < -0.3 is 10.5 Å². The fourth-order valence-corrected chi connectivity index (χ4v) is 2.19. The Bertz CT molecular complexity index is 465. The zero-order valence-electron chi connectivity index (χ0n) is 9.85. The van der Waals surface area contributed by atoms with Gasteiger partial charge in [-0.05, 0) is 24.1 Å². The van der Waals surface area contributed by atoms with Crippen molar-refractivity contribution in [3.63, 3.8) is 0 Å². The molecule has 1 aromatic carbocycles. The van der Waals surface area contributed by atoms with Gasteiger partial charge in [0.1, 0.15) is 17.4 Å². The molecule has 90 valence electrons. The first-order valence-electron chi connectivity index (χ1n) is 5.67. The Kier molecular flexibility index (Phi) is 4.12. The second-order valence-electron chi connectivity index (χ2n) is 3.71. The number of aryl methyl sites for hydroxylation is 1. The van der Waals surface area contributed by atoms with Crippen LogP contribution in [0.3, 0.4) is 0 Å². The average molecular weight is 248 g/mol.